The van der Waals surface area contributed by atoms with Gasteiger partial charge in [-0.25, -0.2) is 4.79 Å². The van der Waals surface area contributed by atoms with E-state index in [1.807, 2.05) is 24.3 Å². The Balaban J connectivity index is 1.50. The SMILES string of the molecule is C#CC(N)(Cc1c[nH]c2ccccc12)C(=O)NC1C(=O)N2C(C(=O)O)=C(COC(C)=O)CSC12. The minimum absolute atomic E-state index is 0.0363. The molecule has 1 aromatic heterocycles. The summed E-state index contributed by atoms with van der Waals surface area (Å²) >= 11 is 1.25. The number of carboxylic acids is 1. The van der Waals surface area contributed by atoms with Gasteiger partial charge in [-0.15, -0.1) is 18.2 Å². The van der Waals surface area contributed by atoms with Crippen molar-refractivity contribution in [2.24, 2.45) is 5.73 Å². The van der Waals surface area contributed by atoms with E-state index in [2.05, 4.69) is 16.2 Å². The van der Waals surface area contributed by atoms with Crippen molar-refractivity contribution in [2.45, 2.75) is 30.3 Å². The highest BCUT2D eigenvalue weighted by Gasteiger charge is 2.55. The van der Waals surface area contributed by atoms with Gasteiger partial charge in [0.2, 0.25) is 0 Å². The molecule has 1 saturated heterocycles. The summed E-state index contributed by atoms with van der Waals surface area (Å²) in [5, 5.41) is 12.5. The molecule has 4 rings (SSSR count). The Hall–Kier alpha value is -3.75. The number of hydrogen-bond acceptors (Lipinski definition) is 7. The van der Waals surface area contributed by atoms with Crippen LogP contribution in [0.2, 0.25) is 0 Å². The van der Waals surface area contributed by atoms with E-state index in [1.54, 1.807) is 6.20 Å². The maximum Gasteiger partial charge on any atom is 0.352 e. The van der Waals surface area contributed by atoms with E-state index >= 15 is 0 Å². The van der Waals surface area contributed by atoms with E-state index in [1.165, 1.54) is 18.7 Å². The van der Waals surface area contributed by atoms with E-state index in [0.717, 1.165) is 21.4 Å². The van der Waals surface area contributed by atoms with Crippen molar-refractivity contribution in [3.8, 4) is 12.3 Å². The van der Waals surface area contributed by atoms with Crippen molar-refractivity contribution in [3.05, 3.63) is 47.3 Å². The Kier molecular flexibility index (Phi) is 6.12. The first-order valence-electron chi connectivity index (χ1n) is 10.3. The number of hydrogen-bond donors (Lipinski definition) is 4. The van der Waals surface area contributed by atoms with E-state index in [0.29, 0.717) is 5.57 Å². The molecule has 176 valence electrons. The number of carbonyl (C=O) groups excluding carboxylic acids is 3. The summed E-state index contributed by atoms with van der Waals surface area (Å²) in [4.78, 5) is 53.1. The fourth-order valence-electron chi connectivity index (χ4n) is 4.03. The van der Waals surface area contributed by atoms with Gasteiger partial charge in [0.25, 0.3) is 11.8 Å². The van der Waals surface area contributed by atoms with E-state index < -0.39 is 40.7 Å². The predicted molar refractivity (Wildman–Crippen MR) is 124 cm³/mol. The topological polar surface area (TPSA) is 155 Å². The summed E-state index contributed by atoms with van der Waals surface area (Å²) in [6.45, 7) is 0.978. The number of terminal acetylenes is 1. The fraction of sp³-hybridized carbons (Fsp3) is 0.304. The molecular weight excluding hydrogens is 460 g/mol. The normalized spacial score (nSPS) is 21.2. The molecule has 0 spiro atoms. The molecule has 1 aromatic carbocycles. The number of esters is 1. The molecular formula is C23H22N4O6S. The third kappa shape index (κ3) is 4.02. The summed E-state index contributed by atoms with van der Waals surface area (Å²) in [6, 6.07) is 6.52. The van der Waals surface area contributed by atoms with Crippen LogP contribution in [0.25, 0.3) is 10.9 Å². The zero-order chi connectivity index (χ0) is 24.6. The maximum absolute atomic E-state index is 13.1. The monoisotopic (exact) mass is 482 g/mol. The van der Waals surface area contributed by atoms with Gasteiger partial charge >= 0.3 is 11.9 Å². The van der Waals surface area contributed by atoms with Crippen LogP contribution in [-0.2, 0) is 30.3 Å². The summed E-state index contributed by atoms with van der Waals surface area (Å²) in [6.07, 6.45) is 7.41. The minimum Gasteiger partial charge on any atom is -0.477 e. The summed E-state index contributed by atoms with van der Waals surface area (Å²) < 4.78 is 4.91. The molecule has 11 heteroatoms. The number of carboxylic acid groups (broad SMARTS) is 1. The quantitative estimate of drug-likeness (QED) is 0.250. The van der Waals surface area contributed by atoms with Gasteiger partial charge in [-0.2, -0.15) is 0 Å². The predicted octanol–water partition coefficient (Wildman–Crippen LogP) is 0.343. The van der Waals surface area contributed by atoms with Gasteiger partial charge in [-0.3, -0.25) is 19.3 Å². The number of nitrogens with zero attached hydrogens (tertiary/aromatic N) is 1. The lowest BCUT2D eigenvalue weighted by Gasteiger charge is -2.49. The second kappa shape index (κ2) is 8.89. The molecule has 0 saturated carbocycles. The van der Waals surface area contributed by atoms with Crippen molar-refractivity contribution < 1.29 is 29.0 Å². The highest BCUT2D eigenvalue weighted by Crippen LogP contribution is 2.40. The van der Waals surface area contributed by atoms with Crippen molar-refractivity contribution in [2.75, 3.05) is 12.4 Å². The Bertz CT molecular complexity index is 1280. The van der Waals surface area contributed by atoms with Crippen LogP contribution in [0.5, 0.6) is 0 Å². The standard InChI is InChI=1S/C23H22N4O6S/c1-3-23(24,8-13-9-25-16-7-5-4-6-15(13)16)22(32)26-17-19(29)27-18(21(30)31)14(10-33-12(2)28)11-34-20(17)27/h1,4-7,9,17,20,25H,8,10-11,24H2,2H3,(H,26,32)(H,30,31). The Morgan fingerprint density at radius 2 is 2.15 bits per heavy atom. The molecule has 5 N–H and O–H groups in total. The summed E-state index contributed by atoms with van der Waals surface area (Å²) in [5.74, 6) is -0.618. The van der Waals surface area contributed by atoms with Gasteiger partial charge in [0.1, 0.15) is 23.7 Å². The van der Waals surface area contributed by atoms with Crippen LogP contribution in [0.1, 0.15) is 12.5 Å². The number of aromatic nitrogens is 1. The van der Waals surface area contributed by atoms with E-state index in [-0.39, 0.29) is 24.5 Å². The van der Waals surface area contributed by atoms with Gasteiger partial charge in [0.15, 0.2) is 5.54 Å². The molecule has 2 aliphatic rings. The number of thioether (sulfide) groups is 1. The average molecular weight is 483 g/mol. The molecule has 0 aliphatic carbocycles. The number of ether oxygens (including phenoxy) is 1. The first-order valence-corrected chi connectivity index (χ1v) is 11.4. The number of aliphatic carboxylic acids is 1. The zero-order valence-corrected chi connectivity index (χ0v) is 19.0. The van der Waals surface area contributed by atoms with Crippen molar-refractivity contribution in [1.29, 1.82) is 0 Å². The molecule has 3 atom stereocenters. The third-order valence-corrected chi connectivity index (χ3v) is 7.13. The molecule has 0 bridgehead atoms. The van der Waals surface area contributed by atoms with Gasteiger partial charge < -0.3 is 25.9 Å². The number of amides is 2. The summed E-state index contributed by atoms with van der Waals surface area (Å²) in [5.41, 5.74) is 6.25. The average Bonchev–Trinajstić information content (AvgIpc) is 3.22. The molecule has 3 unspecified atom stereocenters. The Morgan fingerprint density at radius 3 is 2.82 bits per heavy atom. The maximum atomic E-state index is 13.1. The lowest BCUT2D eigenvalue weighted by atomic mass is 9.90. The molecule has 1 fully saturated rings. The van der Waals surface area contributed by atoms with Crippen LogP contribution < -0.4 is 11.1 Å². The number of fused-ring (bicyclic) bond motifs is 2. The van der Waals surface area contributed by atoms with Gasteiger partial charge in [-0.1, -0.05) is 24.1 Å². The van der Waals surface area contributed by atoms with Crippen LogP contribution in [0.15, 0.2) is 41.7 Å². The number of β-lactam (4-membered cyclic amide) rings is 1. The molecule has 3 heterocycles. The number of nitrogens with one attached hydrogen (secondary N) is 2. The van der Waals surface area contributed by atoms with Crippen LogP contribution in [0.4, 0.5) is 0 Å². The van der Waals surface area contributed by atoms with Gasteiger partial charge in [-0.05, 0) is 11.6 Å². The van der Waals surface area contributed by atoms with Gasteiger partial charge in [0, 0.05) is 41.8 Å². The van der Waals surface area contributed by atoms with Crippen molar-refractivity contribution in [3.63, 3.8) is 0 Å². The molecule has 0 radical (unpaired) electrons. The third-order valence-electron chi connectivity index (χ3n) is 5.79. The number of rotatable bonds is 7. The minimum atomic E-state index is -1.73. The number of carbonyl (C=O) groups is 4. The van der Waals surface area contributed by atoms with Crippen LogP contribution >= 0.6 is 11.8 Å². The number of nitrogens with two attached hydrogens (primary N) is 1. The molecule has 34 heavy (non-hydrogen) atoms. The van der Waals surface area contributed by atoms with Crippen LogP contribution in [0.3, 0.4) is 0 Å². The summed E-state index contributed by atoms with van der Waals surface area (Å²) in [7, 11) is 0. The van der Waals surface area contributed by atoms with Crippen molar-refractivity contribution in [1.82, 2.24) is 15.2 Å². The van der Waals surface area contributed by atoms with Crippen LogP contribution in [0, 0.1) is 12.3 Å². The highest BCUT2D eigenvalue weighted by molar-refractivity contribution is 8.00. The Morgan fingerprint density at radius 1 is 1.41 bits per heavy atom. The molecule has 2 amide bonds. The smallest absolute Gasteiger partial charge is 0.352 e. The van der Waals surface area contributed by atoms with E-state index in [4.69, 9.17) is 16.9 Å². The first kappa shape index (κ1) is 23.4. The lowest BCUT2D eigenvalue weighted by Crippen LogP contribution is -2.72. The van der Waals surface area contributed by atoms with Gasteiger partial charge in [0.05, 0.1) is 0 Å². The van der Waals surface area contributed by atoms with E-state index in [9.17, 15) is 24.3 Å². The lowest BCUT2D eigenvalue weighted by molar-refractivity contribution is -0.151. The Labute approximate surface area is 198 Å². The van der Waals surface area contributed by atoms with Crippen molar-refractivity contribution >= 4 is 46.4 Å². The molecule has 10 nitrogen and oxygen atoms in total. The first-order chi connectivity index (χ1) is 16.2. The highest BCUT2D eigenvalue weighted by atomic mass is 32.2. The number of para-hydroxylation sites is 1. The van der Waals surface area contributed by atoms with Crippen LogP contribution in [-0.4, -0.2) is 68.1 Å². The number of H-pyrrole nitrogens is 1. The number of benzene rings is 1. The molecule has 2 aromatic rings. The largest absolute Gasteiger partial charge is 0.477 e. The fourth-order valence-corrected chi connectivity index (χ4v) is 5.36. The second-order valence-corrected chi connectivity index (χ2v) is 9.16. The second-order valence-electron chi connectivity index (χ2n) is 8.05. The molecule has 2 aliphatic heterocycles. The number of aromatic amines is 1. The zero-order valence-electron chi connectivity index (χ0n) is 18.2.